The Hall–Kier alpha value is -3.12. The number of amides is 1. The van der Waals surface area contributed by atoms with Crippen LogP contribution in [0, 0.1) is 6.92 Å². The molecule has 2 aliphatic heterocycles. The Kier molecular flexibility index (Phi) is 8.96. The number of benzene rings is 1. The molecule has 1 amide bonds. The number of carbonyl (C=O) groups excluding carboxylic acids is 3. The lowest BCUT2D eigenvalue weighted by molar-refractivity contribution is -0.167. The molecule has 36 heavy (non-hydrogen) atoms. The maximum atomic E-state index is 13.0. The van der Waals surface area contributed by atoms with Crippen molar-refractivity contribution in [2.75, 3.05) is 45.3 Å². The fraction of sp³-hybridized carbons (Fsp3) is 0.542. The van der Waals surface area contributed by atoms with Crippen LogP contribution in [0.1, 0.15) is 46.8 Å². The third kappa shape index (κ3) is 6.55. The van der Waals surface area contributed by atoms with Gasteiger partial charge in [0.2, 0.25) is 0 Å². The van der Waals surface area contributed by atoms with Crippen LogP contribution in [0.3, 0.4) is 0 Å². The summed E-state index contributed by atoms with van der Waals surface area (Å²) in [5.74, 6) is -3.11. The molecule has 9 nitrogen and oxygen atoms in total. The van der Waals surface area contributed by atoms with Gasteiger partial charge in [0.05, 0.1) is 18.4 Å². The first-order valence-electron chi connectivity index (χ1n) is 11.5. The van der Waals surface area contributed by atoms with Crippen LogP contribution in [0.15, 0.2) is 11.6 Å². The van der Waals surface area contributed by atoms with E-state index in [0.717, 1.165) is 25.3 Å². The van der Waals surface area contributed by atoms with Gasteiger partial charge >= 0.3 is 24.0 Å². The predicted octanol–water partition coefficient (Wildman–Crippen LogP) is 2.85. The van der Waals surface area contributed by atoms with Crippen LogP contribution in [-0.2, 0) is 32.1 Å². The molecule has 1 aromatic rings. The lowest BCUT2D eigenvalue weighted by Crippen LogP contribution is -2.31. The van der Waals surface area contributed by atoms with Crippen molar-refractivity contribution < 1.29 is 41.8 Å². The van der Waals surface area contributed by atoms with E-state index in [2.05, 4.69) is 10.2 Å². The summed E-state index contributed by atoms with van der Waals surface area (Å²) in [6.07, 6.45) is -2.85. The third-order valence-corrected chi connectivity index (χ3v) is 6.16. The molecule has 2 aliphatic rings. The van der Waals surface area contributed by atoms with Crippen molar-refractivity contribution in [1.82, 2.24) is 10.2 Å². The number of carbonyl (C=O) groups is 3. The van der Waals surface area contributed by atoms with E-state index in [0.29, 0.717) is 30.7 Å². The molecule has 1 saturated heterocycles. The van der Waals surface area contributed by atoms with Crippen LogP contribution in [0.2, 0.25) is 0 Å². The first-order chi connectivity index (χ1) is 17.0. The molecule has 0 radical (unpaired) electrons. The standard InChI is InChI=1S/C24H30F3N3O6/c1-14(5-7-18(31)35-11-10-30-9-8-28-13-30)4-6-16-20(29-23(33)24(25,26)27)19-17(12-36-22(19)32)15(2)21(16)34-3/h4,28H,5-13H2,1-3H3,(H,29,33)/b14-4+. The highest BCUT2D eigenvalue weighted by atomic mass is 19.4. The van der Waals surface area contributed by atoms with Crippen LogP contribution in [0.4, 0.5) is 18.9 Å². The van der Waals surface area contributed by atoms with Crippen LogP contribution in [-0.4, -0.2) is 68.9 Å². The second-order valence-corrected chi connectivity index (χ2v) is 8.64. The Morgan fingerprint density at radius 2 is 2.03 bits per heavy atom. The van der Waals surface area contributed by atoms with E-state index in [1.165, 1.54) is 7.11 Å². The number of hydrogen-bond acceptors (Lipinski definition) is 8. The number of rotatable bonds is 10. The number of esters is 2. The normalized spacial score (nSPS) is 16.1. The number of cyclic esters (lactones) is 1. The summed E-state index contributed by atoms with van der Waals surface area (Å²) in [5, 5.41) is 5.04. The van der Waals surface area contributed by atoms with Crippen LogP contribution in [0.25, 0.3) is 0 Å². The van der Waals surface area contributed by atoms with E-state index in [1.807, 2.05) is 5.32 Å². The number of alkyl halides is 3. The fourth-order valence-electron chi connectivity index (χ4n) is 4.16. The second kappa shape index (κ2) is 11.7. The molecule has 0 unspecified atom stereocenters. The average molecular weight is 514 g/mol. The predicted molar refractivity (Wildman–Crippen MR) is 124 cm³/mol. The monoisotopic (exact) mass is 513 g/mol. The Bertz CT molecular complexity index is 1050. The molecular formula is C24H30F3N3O6. The SMILES string of the molecule is COc1c(C)c2c(c(NC(=O)C(F)(F)F)c1C/C=C(\C)CCC(=O)OCCN1CCNC1)C(=O)OC2. The van der Waals surface area contributed by atoms with E-state index in [-0.39, 0.29) is 48.0 Å². The molecule has 2 heterocycles. The highest BCUT2D eigenvalue weighted by molar-refractivity contribution is 6.07. The van der Waals surface area contributed by atoms with Gasteiger partial charge in [0.15, 0.2) is 0 Å². The zero-order valence-corrected chi connectivity index (χ0v) is 20.5. The van der Waals surface area contributed by atoms with E-state index in [4.69, 9.17) is 14.2 Å². The average Bonchev–Trinajstić information content (AvgIpc) is 3.47. The molecular weight excluding hydrogens is 483 g/mol. The molecule has 1 fully saturated rings. The van der Waals surface area contributed by atoms with Gasteiger partial charge in [0.1, 0.15) is 19.0 Å². The summed E-state index contributed by atoms with van der Waals surface area (Å²) in [4.78, 5) is 38.3. The Morgan fingerprint density at radius 3 is 2.67 bits per heavy atom. The Morgan fingerprint density at radius 1 is 1.28 bits per heavy atom. The number of ether oxygens (including phenoxy) is 3. The van der Waals surface area contributed by atoms with Gasteiger partial charge in [-0.05, 0) is 32.3 Å². The van der Waals surface area contributed by atoms with Crippen molar-refractivity contribution >= 4 is 23.5 Å². The molecule has 0 aromatic heterocycles. The Labute approximate surface area is 206 Å². The van der Waals surface area contributed by atoms with Gasteiger partial charge in [-0.3, -0.25) is 14.5 Å². The first-order valence-corrected chi connectivity index (χ1v) is 11.5. The van der Waals surface area contributed by atoms with Gasteiger partial charge in [-0.2, -0.15) is 13.2 Å². The van der Waals surface area contributed by atoms with E-state index in [9.17, 15) is 27.6 Å². The quantitative estimate of drug-likeness (QED) is 0.364. The molecule has 0 aliphatic carbocycles. The number of nitrogens with one attached hydrogen (secondary N) is 2. The lowest BCUT2D eigenvalue weighted by atomic mass is 9.93. The number of methoxy groups -OCH3 is 1. The molecule has 2 N–H and O–H groups in total. The van der Waals surface area contributed by atoms with E-state index >= 15 is 0 Å². The minimum atomic E-state index is -5.15. The highest BCUT2D eigenvalue weighted by Gasteiger charge is 2.41. The van der Waals surface area contributed by atoms with Gasteiger partial charge < -0.3 is 24.8 Å². The number of hydrogen-bond donors (Lipinski definition) is 2. The molecule has 0 spiro atoms. The minimum Gasteiger partial charge on any atom is -0.496 e. The zero-order chi connectivity index (χ0) is 26.5. The van der Waals surface area contributed by atoms with Gasteiger partial charge in [-0.15, -0.1) is 0 Å². The largest absolute Gasteiger partial charge is 0.496 e. The van der Waals surface area contributed by atoms with Gasteiger partial charge in [-0.1, -0.05) is 11.6 Å². The van der Waals surface area contributed by atoms with E-state index in [1.54, 1.807) is 19.9 Å². The van der Waals surface area contributed by atoms with Gasteiger partial charge in [-0.25, -0.2) is 4.79 Å². The van der Waals surface area contributed by atoms with Crippen molar-refractivity contribution in [2.45, 2.75) is 45.9 Å². The summed E-state index contributed by atoms with van der Waals surface area (Å²) in [6, 6.07) is 0. The third-order valence-electron chi connectivity index (χ3n) is 6.16. The summed E-state index contributed by atoms with van der Waals surface area (Å²) < 4.78 is 54.8. The van der Waals surface area contributed by atoms with Crippen LogP contribution >= 0.6 is 0 Å². The number of anilines is 1. The van der Waals surface area contributed by atoms with Crippen molar-refractivity contribution in [3.8, 4) is 5.75 Å². The minimum absolute atomic E-state index is 0.0564. The second-order valence-electron chi connectivity index (χ2n) is 8.64. The molecule has 12 heteroatoms. The molecule has 0 bridgehead atoms. The summed E-state index contributed by atoms with van der Waals surface area (Å²) in [5.41, 5.74) is 1.52. The molecule has 198 valence electrons. The lowest BCUT2D eigenvalue weighted by Gasteiger charge is -2.20. The van der Waals surface area contributed by atoms with E-state index < -0.39 is 18.1 Å². The smallest absolute Gasteiger partial charge is 0.471 e. The maximum Gasteiger partial charge on any atom is 0.471 e. The van der Waals surface area contributed by atoms with Crippen molar-refractivity contribution in [1.29, 1.82) is 0 Å². The number of allylic oxidation sites excluding steroid dienone is 2. The molecule has 0 atom stereocenters. The number of fused-ring (bicyclic) bond motifs is 1. The highest BCUT2D eigenvalue weighted by Crippen LogP contribution is 2.42. The first kappa shape index (κ1) is 27.5. The maximum absolute atomic E-state index is 13.0. The van der Waals surface area contributed by atoms with Crippen molar-refractivity contribution in [3.63, 3.8) is 0 Å². The van der Waals surface area contributed by atoms with Gasteiger partial charge in [0, 0.05) is 43.9 Å². The van der Waals surface area contributed by atoms with Gasteiger partial charge in [0.25, 0.3) is 0 Å². The fourth-order valence-corrected chi connectivity index (χ4v) is 4.16. The summed E-state index contributed by atoms with van der Waals surface area (Å²) in [7, 11) is 1.36. The van der Waals surface area contributed by atoms with Crippen molar-refractivity contribution in [2.24, 2.45) is 0 Å². The van der Waals surface area contributed by atoms with Crippen LogP contribution < -0.4 is 15.4 Å². The summed E-state index contributed by atoms with van der Waals surface area (Å²) >= 11 is 0. The zero-order valence-electron chi connectivity index (χ0n) is 20.5. The number of halogens is 3. The van der Waals surface area contributed by atoms with Crippen LogP contribution in [0.5, 0.6) is 5.75 Å². The molecule has 1 aromatic carbocycles. The number of nitrogens with zero attached hydrogens (tertiary/aromatic N) is 1. The Balaban J connectivity index is 1.74. The van der Waals surface area contributed by atoms with Crippen molar-refractivity contribution in [3.05, 3.63) is 33.9 Å². The molecule has 0 saturated carbocycles. The molecule has 3 rings (SSSR count). The summed E-state index contributed by atoms with van der Waals surface area (Å²) in [6.45, 7) is 6.86. The topological polar surface area (TPSA) is 106 Å².